The summed E-state index contributed by atoms with van der Waals surface area (Å²) in [6.45, 7) is 1.78. The van der Waals surface area contributed by atoms with Crippen molar-refractivity contribution >= 4 is 11.9 Å². The van der Waals surface area contributed by atoms with Crippen molar-refractivity contribution in [3.63, 3.8) is 0 Å². The highest BCUT2D eigenvalue weighted by Crippen LogP contribution is 2.18. The minimum absolute atomic E-state index is 0.0743. The van der Waals surface area contributed by atoms with Gasteiger partial charge in [0.05, 0.1) is 6.61 Å². The molecule has 7 nitrogen and oxygen atoms in total. The van der Waals surface area contributed by atoms with E-state index in [1.54, 1.807) is 37.4 Å². The Morgan fingerprint density at radius 3 is 3.11 bits per heavy atom. The molecule has 0 saturated heterocycles. The number of aromatic nitrogens is 1. The van der Waals surface area contributed by atoms with E-state index in [1.807, 2.05) is 0 Å². The molecule has 7 heteroatoms. The van der Waals surface area contributed by atoms with Crippen LogP contribution in [0, 0.1) is 11.3 Å². The first-order chi connectivity index (χ1) is 8.72. The largest absolute Gasteiger partial charge is 0.461 e. The normalized spacial score (nSPS) is 21.2. The highest BCUT2D eigenvalue weighted by atomic mass is 16.6. The summed E-state index contributed by atoms with van der Waals surface area (Å²) < 4.78 is 10.0. The van der Waals surface area contributed by atoms with Crippen LogP contribution in [-0.2, 0) is 14.3 Å². The van der Waals surface area contributed by atoms with E-state index >= 15 is 0 Å². The Labute approximate surface area is 103 Å². The highest BCUT2D eigenvalue weighted by Gasteiger charge is 2.48. The first-order valence-electron chi connectivity index (χ1n) is 5.25. The summed E-state index contributed by atoms with van der Waals surface area (Å²) in [6, 6.07) is 6.84. The molecule has 0 aromatic carbocycles. The molecule has 1 atom stereocenters. The summed E-state index contributed by atoms with van der Waals surface area (Å²) in [5, 5.41) is 12.8. The van der Waals surface area contributed by atoms with Crippen LogP contribution in [0.15, 0.2) is 29.5 Å². The van der Waals surface area contributed by atoms with Gasteiger partial charge in [-0.05, 0) is 19.1 Å². The molecule has 0 amide bonds. The molecule has 0 aliphatic carbocycles. The summed E-state index contributed by atoms with van der Waals surface area (Å²) in [6.07, 6.45) is 1.55. The van der Waals surface area contributed by atoms with Gasteiger partial charge in [0.15, 0.2) is 0 Å². The van der Waals surface area contributed by atoms with Crippen LogP contribution in [0.1, 0.15) is 12.6 Å². The smallest absolute Gasteiger partial charge is 0.390 e. The van der Waals surface area contributed by atoms with E-state index in [9.17, 15) is 4.79 Å². The van der Waals surface area contributed by atoms with Crippen molar-refractivity contribution in [2.45, 2.75) is 12.6 Å². The fraction of sp³-hybridized carbons (Fsp3) is 0.273. The average molecular weight is 246 g/mol. The van der Waals surface area contributed by atoms with Crippen molar-refractivity contribution in [1.29, 1.82) is 5.26 Å². The van der Waals surface area contributed by atoms with Crippen LogP contribution >= 0.6 is 0 Å². The van der Waals surface area contributed by atoms with Gasteiger partial charge in [0, 0.05) is 6.20 Å². The summed E-state index contributed by atoms with van der Waals surface area (Å²) in [5.41, 5.74) is 0.838. The Hall–Kier alpha value is -2.62. The van der Waals surface area contributed by atoms with Gasteiger partial charge in [0.2, 0.25) is 0 Å². The lowest BCUT2D eigenvalue weighted by molar-refractivity contribution is -0.158. The number of hydrogen-bond acceptors (Lipinski definition) is 7. The molecule has 0 bridgehead atoms. The lowest BCUT2D eigenvalue weighted by Crippen LogP contribution is -2.49. The second-order valence-corrected chi connectivity index (χ2v) is 3.36. The zero-order valence-electron chi connectivity index (χ0n) is 9.58. The maximum atomic E-state index is 11.6. The molecule has 1 N–H and O–H groups in total. The van der Waals surface area contributed by atoms with Gasteiger partial charge in [-0.15, -0.1) is 5.10 Å². The molecule has 0 saturated carbocycles. The van der Waals surface area contributed by atoms with E-state index in [0.29, 0.717) is 5.69 Å². The fourth-order valence-corrected chi connectivity index (χ4v) is 1.33. The predicted molar refractivity (Wildman–Crippen MR) is 60.0 cm³/mol. The third-order valence-corrected chi connectivity index (χ3v) is 2.17. The minimum Gasteiger partial charge on any atom is -0.461 e. The van der Waals surface area contributed by atoms with Crippen molar-refractivity contribution < 1.29 is 14.3 Å². The number of ether oxygens (including phenoxy) is 2. The number of carbonyl (C=O) groups excluding carboxylic acids is 1. The Bertz CT molecular complexity index is 523. The summed E-state index contributed by atoms with van der Waals surface area (Å²) in [7, 11) is 0. The Kier molecular flexibility index (Phi) is 3.10. The van der Waals surface area contributed by atoms with Gasteiger partial charge < -0.3 is 9.47 Å². The van der Waals surface area contributed by atoms with E-state index in [-0.39, 0.29) is 12.5 Å². The Morgan fingerprint density at radius 2 is 2.50 bits per heavy atom. The Balaban J connectivity index is 2.19. The summed E-state index contributed by atoms with van der Waals surface area (Å²) >= 11 is 0. The van der Waals surface area contributed by atoms with Crippen molar-refractivity contribution in [1.82, 2.24) is 10.4 Å². The number of esters is 1. The molecule has 0 fully saturated rings. The molecule has 2 heterocycles. The summed E-state index contributed by atoms with van der Waals surface area (Å²) in [4.78, 5) is 15.7. The van der Waals surface area contributed by atoms with E-state index in [0.717, 1.165) is 0 Å². The predicted octanol–water partition coefficient (Wildman–Crippen LogP) is 0.146. The third-order valence-electron chi connectivity index (χ3n) is 2.17. The lowest BCUT2D eigenvalue weighted by Gasteiger charge is -2.17. The van der Waals surface area contributed by atoms with Crippen LogP contribution in [-0.4, -0.2) is 29.2 Å². The number of rotatable bonds is 3. The second-order valence-electron chi connectivity index (χ2n) is 3.36. The van der Waals surface area contributed by atoms with E-state index in [2.05, 4.69) is 15.5 Å². The zero-order chi connectivity index (χ0) is 13.0. The highest BCUT2D eigenvalue weighted by molar-refractivity contribution is 5.97. The molecule has 1 aliphatic heterocycles. The van der Waals surface area contributed by atoms with Crippen molar-refractivity contribution in [2.24, 2.45) is 5.10 Å². The van der Waals surface area contributed by atoms with Gasteiger partial charge in [-0.25, -0.2) is 10.2 Å². The molecular weight excluding hydrogens is 236 g/mol. The molecule has 0 radical (unpaired) electrons. The van der Waals surface area contributed by atoms with E-state index in [1.165, 1.54) is 0 Å². The number of nitrogens with one attached hydrogen (secondary N) is 1. The van der Waals surface area contributed by atoms with Crippen LogP contribution in [0.3, 0.4) is 0 Å². The van der Waals surface area contributed by atoms with Gasteiger partial charge in [0.1, 0.15) is 11.8 Å². The first-order valence-corrected chi connectivity index (χ1v) is 5.25. The molecule has 0 spiro atoms. The first kappa shape index (κ1) is 11.9. The minimum atomic E-state index is -1.93. The van der Waals surface area contributed by atoms with E-state index < -0.39 is 11.7 Å². The molecule has 1 aromatic heterocycles. The lowest BCUT2D eigenvalue weighted by atomic mass is 10.2. The fourth-order valence-electron chi connectivity index (χ4n) is 1.33. The van der Waals surface area contributed by atoms with Gasteiger partial charge >= 0.3 is 11.7 Å². The van der Waals surface area contributed by atoms with Crippen LogP contribution < -0.4 is 5.43 Å². The van der Waals surface area contributed by atoms with Crippen molar-refractivity contribution in [3.05, 3.63) is 30.1 Å². The van der Waals surface area contributed by atoms with Crippen LogP contribution in [0.4, 0.5) is 0 Å². The van der Waals surface area contributed by atoms with Crippen LogP contribution in [0.25, 0.3) is 0 Å². The quantitative estimate of drug-likeness (QED) is 0.762. The second kappa shape index (κ2) is 4.71. The molecule has 1 aromatic rings. The van der Waals surface area contributed by atoms with Crippen LogP contribution in [0.5, 0.6) is 0 Å². The Morgan fingerprint density at radius 1 is 1.67 bits per heavy atom. The average Bonchev–Trinajstić information content (AvgIpc) is 2.86. The molecule has 92 valence electrons. The standard InChI is InChI=1S/C11H10N4O3/c1-2-17-10(16)11(7-12)15-14-9(18-11)8-5-3-4-6-13-8/h3-6,15H,2H2,1H3. The van der Waals surface area contributed by atoms with E-state index in [4.69, 9.17) is 14.7 Å². The number of nitrogens with zero attached hydrogens (tertiary/aromatic N) is 3. The van der Waals surface area contributed by atoms with Gasteiger partial charge in [0.25, 0.3) is 5.90 Å². The zero-order valence-corrected chi connectivity index (χ0v) is 9.58. The number of nitriles is 1. The van der Waals surface area contributed by atoms with Crippen molar-refractivity contribution in [3.8, 4) is 6.07 Å². The van der Waals surface area contributed by atoms with Gasteiger partial charge in [-0.3, -0.25) is 4.98 Å². The SMILES string of the molecule is CCOC(=O)C1(C#N)NN=C(c2ccccn2)O1. The summed E-state index contributed by atoms with van der Waals surface area (Å²) in [5.74, 6) is -0.757. The molecule has 2 rings (SSSR count). The van der Waals surface area contributed by atoms with Gasteiger partial charge in [-0.1, -0.05) is 6.07 Å². The monoisotopic (exact) mass is 246 g/mol. The number of pyridine rings is 1. The maximum absolute atomic E-state index is 11.6. The number of hydrazone groups is 1. The molecule has 1 aliphatic rings. The van der Waals surface area contributed by atoms with Gasteiger partial charge in [-0.2, -0.15) is 5.26 Å². The van der Waals surface area contributed by atoms with Crippen molar-refractivity contribution in [2.75, 3.05) is 6.61 Å². The molecule has 18 heavy (non-hydrogen) atoms. The maximum Gasteiger partial charge on any atom is 0.390 e. The molecular formula is C11H10N4O3. The van der Waals surface area contributed by atoms with Crippen LogP contribution in [0.2, 0.25) is 0 Å². The third kappa shape index (κ3) is 1.96. The molecule has 1 unspecified atom stereocenters. The number of hydrogen-bond donors (Lipinski definition) is 1. The number of carbonyl (C=O) groups is 1. The topological polar surface area (TPSA) is 96.6 Å².